The maximum absolute atomic E-state index is 2.60. The first kappa shape index (κ1) is 41.6. The first-order valence-corrected chi connectivity index (χ1v) is 31.6. The number of hydrogen-bond acceptors (Lipinski definition) is 0. The van der Waals surface area contributed by atoms with Crippen molar-refractivity contribution in [2.75, 3.05) is 0 Å². The molecule has 2 aliphatic rings. The first-order valence-electron chi connectivity index (χ1n) is 25.6. The van der Waals surface area contributed by atoms with Crippen LogP contribution in [0.4, 0.5) is 0 Å². The molecule has 0 unspecified atom stereocenters. The Bertz CT molecular complexity index is 4380. The average molecular weight is 947 g/mol. The maximum atomic E-state index is 2.60. The van der Waals surface area contributed by atoms with Gasteiger partial charge in [0.05, 0.1) is 0 Å². The zero-order chi connectivity index (χ0) is 48.0. The summed E-state index contributed by atoms with van der Waals surface area (Å²) in [5.41, 5.74) is 16.0. The fourth-order valence-corrected chi connectivity index (χ4v) is 19.8. The van der Waals surface area contributed by atoms with E-state index in [1.54, 1.807) is 10.4 Å². The molecule has 2 aliphatic heterocycles. The number of rotatable bonds is 4. The van der Waals surface area contributed by atoms with Crippen LogP contribution in [-0.2, 0) is 0 Å². The van der Waals surface area contributed by atoms with Gasteiger partial charge in [0.25, 0.3) is 0 Å². The van der Waals surface area contributed by atoms with Crippen molar-refractivity contribution < 1.29 is 0 Å². The van der Waals surface area contributed by atoms with Crippen LogP contribution < -0.4 is 20.7 Å². The summed E-state index contributed by atoms with van der Waals surface area (Å²) >= 11 is 0. The summed E-state index contributed by atoms with van der Waals surface area (Å²) in [6, 6.07) is 88.0. The smallest absolute Gasteiger partial charge is 0.0622 e. The zero-order valence-electron chi connectivity index (χ0n) is 40.9. The van der Waals surface area contributed by atoms with Gasteiger partial charge in [-0.2, -0.15) is 0 Å². The molecule has 13 aromatic rings. The Morgan fingerprint density at radius 1 is 0.222 bits per heavy atom. The van der Waals surface area contributed by atoms with Crippen LogP contribution in [0.5, 0.6) is 0 Å². The molecule has 0 atom stereocenters. The fraction of sp³-hybridized carbons (Fsp3) is 0.0571. The molecular weight excluding hydrogens is 897 g/mol. The molecule has 2 heterocycles. The molecule has 0 amide bonds. The van der Waals surface area contributed by atoms with Gasteiger partial charge in [0, 0.05) is 0 Å². The van der Waals surface area contributed by atoms with E-state index in [1.807, 2.05) is 0 Å². The molecule has 338 valence electrons. The van der Waals surface area contributed by atoms with E-state index in [0.29, 0.717) is 0 Å². The monoisotopic (exact) mass is 946 g/mol. The molecule has 0 N–H and O–H groups in total. The van der Waals surface area contributed by atoms with Gasteiger partial charge in [-0.15, -0.1) is 0 Å². The molecule has 0 nitrogen and oxygen atoms in total. The van der Waals surface area contributed by atoms with Crippen molar-refractivity contribution in [2.24, 2.45) is 0 Å². The number of fused-ring (bicyclic) bond motifs is 9. The molecule has 0 radical (unpaired) electrons. The SMILES string of the molecule is C[Si]1(C)c2cc(-c3c4ccccc4c(-c4ccccc4)c4ccccc34)ccc2-c2ccc3c4c(ccc1c24)[Si](C)(C)c1cc(-c2c4ccccc4c(-c4ccc5ccccc5c4)c4ccccc24)ccc1-3. The van der Waals surface area contributed by atoms with Crippen LogP contribution in [0.15, 0.2) is 231 Å². The van der Waals surface area contributed by atoms with E-state index in [1.165, 1.54) is 142 Å². The lowest BCUT2D eigenvalue weighted by atomic mass is 9.84. The highest BCUT2D eigenvalue weighted by Gasteiger charge is 2.42. The van der Waals surface area contributed by atoms with Crippen LogP contribution in [0.25, 0.3) is 131 Å². The fourth-order valence-electron chi connectivity index (χ4n) is 13.6. The Kier molecular flexibility index (Phi) is 8.78. The second-order valence-corrected chi connectivity index (χ2v) is 30.1. The van der Waals surface area contributed by atoms with Crippen molar-refractivity contribution >= 4 is 102 Å². The van der Waals surface area contributed by atoms with Crippen LogP contribution in [0.2, 0.25) is 26.2 Å². The summed E-state index contributed by atoms with van der Waals surface area (Å²) < 4.78 is 0. The minimum absolute atomic E-state index is 1.26. The van der Waals surface area contributed by atoms with E-state index < -0.39 is 16.1 Å². The summed E-state index contributed by atoms with van der Waals surface area (Å²) in [6.45, 7) is 10.4. The topological polar surface area (TPSA) is 0 Å². The van der Waals surface area contributed by atoms with Crippen LogP contribution in [0, 0.1) is 0 Å². The largest absolute Gasteiger partial charge is 0.113 e. The van der Waals surface area contributed by atoms with E-state index in [0.717, 1.165) is 0 Å². The van der Waals surface area contributed by atoms with Crippen molar-refractivity contribution in [1.29, 1.82) is 0 Å². The Labute approximate surface area is 422 Å². The van der Waals surface area contributed by atoms with Gasteiger partial charge in [-0.25, -0.2) is 0 Å². The molecule has 72 heavy (non-hydrogen) atoms. The Balaban J connectivity index is 0.902. The molecule has 0 aromatic heterocycles. The van der Waals surface area contributed by atoms with Crippen molar-refractivity contribution in [1.82, 2.24) is 0 Å². The first-order chi connectivity index (χ1) is 35.3. The highest BCUT2D eigenvalue weighted by Crippen LogP contribution is 2.48. The van der Waals surface area contributed by atoms with Gasteiger partial charge in [0.1, 0.15) is 16.1 Å². The molecule has 15 rings (SSSR count). The minimum atomic E-state index is -2.24. The van der Waals surface area contributed by atoms with E-state index in [2.05, 4.69) is 257 Å². The number of hydrogen-bond donors (Lipinski definition) is 0. The lowest BCUT2D eigenvalue weighted by Crippen LogP contribution is -2.59. The standard InChI is InChI=1S/C70H50Si2/c1-71(2)61-38-39-62-70-60(37-36-59(69(61)70)49-34-32-47(41-63(49)71)67-53-24-12-10-22-51(53)65(44-19-6-5-7-20-44)52-23-11-13-25-54(52)67)50-35-33-48(42-64(50)72(62,3)4)68-57-28-16-14-26-55(57)66(56-27-15-17-29-58(56)68)46-31-30-43-18-8-9-21-45(43)40-46/h5-42H,1-4H3. The van der Waals surface area contributed by atoms with E-state index >= 15 is 0 Å². The van der Waals surface area contributed by atoms with Crippen LogP contribution in [-0.4, -0.2) is 16.1 Å². The normalized spacial score (nSPS) is 14.1. The van der Waals surface area contributed by atoms with Crippen molar-refractivity contribution in [3.05, 3.63) is 231 Å². The summed E-state index contributed by atoms with van der Waals surface area (Å²) in [7, 11) is -4.47. The van der Waals surface area contributed by atoms with E-state index in [4.69, 9.17) is 0 Å². The van der Waals surface area contributed by atoms with Crippen LogP contribution in [0.3, 0.4) is 0 Å². The summed E-state index contributed by atoms with van der Waals surface area (Å²) in [5.74, 6) is 0. The molecule has 13 aromatic carbocycles. The molecule has 2 heteroatoms. The van der Waals surface area contributed by atoms with Crippen LogP contribution in [0.1, 0.15) is 0 Å². The molecule has 0 saturated carbocycles. The summed E-state index contributed by atoms with van der Waals surface area (Å²) in [4.78, 5) is 0. The van der Waals surface area contributed by atoms with Gasteiger partial charge in [-0.3, -0.25) is 0 Å². The van der Waals surface area contributed by atoms with Gasteiger partial charge in [0.2, 0.25) is 0 Å². The Morgan fingerprint density at radius 3 is 0.958 bits per heavy atom. The summed E-state index contributed by atoms with van der Waals surface area (Å²) in [6.07, 6.45) is 0. The maximum Gasteiger partial charge on any atom is 0.113 e. The molecule has 0 bridgehead atoms. The molecule has 0 fully saturated rings. The van der Waals surface area contributed by atoms with Crippen LogP contribution >= 0.6 is 0 Å². The highest BCUT2D eigenvalue weighted by atomic mass is 28.3. The number of benzene rings is 13. The van der Waals surface area contributed by atoms with Gasteiger partial charge in [-0.1, -0.05) is 251 Å². The minimum Gasteiger partial charge on any atom is -0.0622 e. The zero-order valence-corrected chi connectivity index (χ0v) is 42.9. The third-order valence-corrected chi connectivity index (χ3v) is 24.1. The molecular formula is C70H50Si2. The van der Waals surface area contributed by atoms with Gasteiger partial charge < -0.3 is 0 Å². The third kappa shape index (κ3) is 5.73. The second kappa shape index (κ2) is 15.2. The lowest BCUT2D eigenvalue weighted by Gasteiger charge is -2.39. The average Bonchev–Trinajstić information content (AvgIpc) is 3.42. The molecule has 0 aliphatic carbocycles. The van der Waals surface area contributed by atoms with Crippen molar-refractivity contribution in [2.45, 2.75) is 26.2 Å². The van der Waals surface area contributed by atoms with E-state index in [-0.39, 0.29) is 0 Å². The van der Waals surface area contributed by atoms with Gasteiger partial charge in [0.15, 0.2) is 0 Å². The third-order valence-electron chi connectivity index (χ3n) is 17.0. The predicted molar refractivity (Wildman–Crippen MR) is 318 cm³/mol. The van der Waals surface area contributed by atoms with Gasteiger partial charge >= 0.3 is 0 Å². The molecule has 0 saturated heterocycles. The summed E-state index contributed by atoms with van der Waals surface area (Å²) in [5, 5.41) is 22.1. The van der Waals surface area contributed by atoms with Gasteiger partial charge in [-0.05, 0) is 158 Å². The quantitative estimate of drug-likeness (QED) is 0.122. The predicted octanol–water partition coefficient (Wildman–Crippen LogP) is 16.9. The molecule has 0 spiro atoms. The highest BCUT2D eigenvalue weighted by molar-refractivity contribution is 7.06. The van der Waals surface area contributed by atoms with E-state index in [9.17, 15) is 0 Å². The van der Waals surface area contributed by atoms with Crippen molar-refractivity contribution in [3.63, 3.8) is 0 Å². The Hall–Kier alpha value is -8.15. The lowest BCUT2D eigenvalue weighted by molar-refractivity contribution is 1.59. The Morgan fingerprint density at radius 2 is 0.542 bits per heavy atom. The van der Waals surface area contributed by atoms with Crippen molar-refractivity contribution in [3.8, 4) is 66.8 Å². The second-order valence-electron chi connectivity index (χ2n) is 21.5.